The Bertz CT molecular complexity index is 845. The van der Waals surface area contributed by atoms with Crippen molar-refractivity contribution in [2.24, 2.45) is 0 Å². The molecule has 1 atom stereocenters. The molecule has 1 aliphatic rings. The number of ether oxygens (including phenoxy) is 1. The Morgan fingerprint density at radius 3 is 2.67 bits per heavy atom. The number of likely N-dealkylation sites (tertiary alicyclic amines) is 1. The van der Waals surface area contributed by atoms with Gasteiger partial charge in [-0.05, 0) is 24.1 Å². The van der Waals surface area contributed by atoms with Gasteiger partial charge in [0, 0.05) is 38.8 Å². The van der Waals surface area contributed by atoms with Crippen molar-refractivity contribution in [3.63, 3.8) is 0 Å². The van der Waals surface area contributed by atoms with E-state index >= 15 is 0 Å². The number of benzene rings is 2. The summed E-state index contributed by atoms with van der Waals surface area (Å²) in [6.45, 7) is 2.99. The maximum absolute atomic E-state index is 13.3. The molecule has 146 valence electrons. The summed E-state index contributed by atoms with van der Waals surface area (Å²) < 4.78 is 44.9. The zero-order valence-corrected chi connectivity index (χ0v) is 16.2. The van der Waals surface area contributed by atoms with Crippen molar-refractivity contribution < 1.29 is 17.5 Å². The van der Waals surface area contributed by atoms with Crippen LogP contribution in [0.4, 0.5) is 4.39 Å². The third-order valence-electron chi connectivity index (χ3n) is 4.66. The number of rotatable bonds is 8. The summed E-state index contributed by atoms with van der Waals surface area (Å²) in [5, 5.41) is 0. The quantitative estimate of drug-likeness (QED) is 0.693. The Labute approximate surface area is 160 Å². The van der Waals surface area contributed by atoms with E-state index in [1.165, 1.54) is 22.7 Å². The molecule has 7 heteroatoms. The van der Waals surface area contributed by atoms with Gasteiger partial charge in [0.2, 0.25) is 10.0 Å². The molecule has 1 saturated heterocycles. The number of hydrogen-bond acceptors (Lipinski definition) is 4. The van der Waals surface area contributed by atoms with Crippen molar-refractivity contribution in [3.05, 3.63) is 66.0 Å². The van der Waals surface area contributed by atoms with Gasteiger partial charge in [-0.25, -0.2) is 12.8 Å². The van der Waals surface area contributed by atoms with Gasteiger partial charge in [0.15, 0.2) is 0 Å². The smallest absolute Gasteiger partial charge is 0.211 e. The monoisotopic (exact) mass is 392 g/mol. The minimum Gasteiger partial charge on any atom is -0.489 e. The molecule has 3 rings (SSSR count). The number of halogens is 1. The van der Waals surface area contributed by atoms with E-state index in [9.17, 15) is 12.8 Å². The lowest BCUT2D eigenvalue weighted by Crippen LogP contribution is -2.37. The Balaban J connectivity index is 1.52. The Hall–Kier alpha value is -1.96. The predicted octanol–water partition coefficient (Wildman–Crippen LogP) is 2.74. The van der Waals surface area contributed by atoms with Crippen molar-refractivity contribution in [2.45, 2.75) is 19.1 Å². The maximum Gasteiger partial charge on any atom is 0.211 e. The molecule has 0 radical (unpaired) electrons. The van der Waals surface area contributed by atoms with Crippen molar-refractivity contribution in [2.75, 3.05) is 32.4 Å². The van der Waals surface area contributed by atoms with Crippen molar-refractivity contribution in [1.29, 1.82) is 0 Å². The Morgan fingerprint density at radius 2 is 1.96 bits per heavy atom. The van der Waals surface area contributed by atoms with Crippen molar-refractivity contribution in [1.82, 2.24) is 9.21 Å². The van der Waals surface area contributed by atoms with Gasteiger partial charge >= 0.3 is 0 Å². The fourth-order valence-corrected chi connectivity index (χ4v) is 4.03. The lowest BCUT2D eigenvalue weighted by Gasteiger charge is -2.23. The highest BCUT2D eigenvalue weighted by atomic mass is 32.2. The van der Waals surface area contributed by atoms with Crippen LogP contribution >= 0.6 is 0 Å². The molecule has 1 fully saturated rings. The van der Waals surface area contributed by atoms with Crippen LogP contribution in [0.25, 0.3) is 0 Å². The van der Waals surface area contributed by atoms with Crippen LogP contribution in [0, 0.1) is 5.82 Å². The Kier molecular flexibility index (Phi) is 6.46. The summed E-state index contributed by atoms with van der Waals surface area (Å²) in [5.41, 5.74) is 0.969. The summed E-state index contributed by atoms with van der Waals surface area (Å²) in [4.78, 5) is 2.19. The van der Waals surface area contributed by atoms with Gasteiger partial charge in [0.1, 0.15) is 17.7 Å². The third kappa shape index (κ3) is 6.02. The molecule has 1 heterocycles. The van der Waals surface area contributed by atoms with Crippen LogP contribution < -0.4 is 4.74 Å². The fraction of sp³-hybridized carbons (Fsp3) is 0.400. The van der Waals surface area contributed by atoms with E-state index in [4.69, 9.17) is 4.74 Å². The fourth-order valence-electron chi connectivity index (χ4n) is 3.23. The predicted molar refractivity (Wildman–Crippen MR) is 104 cm³/mol. The minimum absolute atomic E-state index is 0.00685. The maximum atomic E-state index is 13.3. The summed E-state index contributed by atoms with van der Waals surface area (Å²) in [5.74, 6) is 0.218. The van der Waals surface area contributed by atoms with E-state index in [1.54, 1.807) is 12.1 Å². The molecule has 27 heavy (non-hydrogen) atoms. The van der Waals surface area contributed by atoms with Crippen LogP contribution in [0.3, 0.4) is 0 Å². The van der Waals surface area contributed by atoms with Gasteiger partial charge in [-0.1, -0.05) is 36.4 Å². The first-order chi connectivity index (χ1) is 12.9. The molecule has 2 aromatic rings. The van der Waals surface area contributed by atoms with Gasteiger partial charge in [-0.2, -0.15) is 4.31 Å². The van der Waals surface area contributed by atoms with Crippen LogP contribution in [0.5, 0.6) is 5.75 Å². The van der Waals surface area contributed by atoms with Gasteiger partial charge in [-0.15, -0.1) is 0 Å². The van der Waals surface area contributed by atoms with E-state index in [0.29, 0.717) is 31.9 Å². The van der Waals surface area contributed by atoms with Gasteiger partial charge in [-0.3, -0.25) is 4.90 Å². The standard InChI is InChI=1S/C20H25FN2O3S/c1-27(24,25)23(15-17-6-3-2-4-7-17)13-12-22-11-10-20(16-22)26-19-9-5-8-18(21)14-19/h2-9,14,20H,10-13,15-16H2,1H3. The summed E-state index contributed by atoms with van der Waals surface area (Å²) in [6, 6.07) is 15.7. The van der Waals surface area contributed by atoms with Crippen LogP contribution in [-0.2, 0) is 16.6 Å². The van der Waals surface area contributed by atoms with Gasteiger partial charge in [0.05, 0.1) is 6.26 Å². The topological polar surface area (TPSA) is 49.9 Å². The lowest BCUT2D eigenvalue weighted by atomic mass is 10.2. The molecule has 1 unspecified atom stereocenters. The third-order valence-corrected chi connectivity index (χ3v) is 5.91. The summed E-state index contributed by atoms with van der Waals surface area (Å²) in [6.07, 6.45) is 2.08. The van der Waals surface area contributed by atoms with E-state index in [0.717, 1.165) is 18.5 Å². The largest absolute Gasteiger partial charge is 0.489 e. The highest BCUT2D eigenvalue weighted by Gasteiger charge is 2.25. The molecular weight excluding hydrogens is 367 g/mol. The van der Waals surface area contributed by atoms with Crippen molar-refractivity contribution >= 4 is 10.0 Å². The second kappa shape index (κ2) is 8.82. The molecule has 0 aromatic heterocycles. The average Bonchev–Trinajstić information content (AvgIpc) is 3.06. The second-order valence-electron chi connectivity index (χ2n) is 6.87. The first-order valence-corrected chi connectivity index (χ1v) is 10.9. The normalized spacial score (nSPS) is 18.1. The zero-order valence-electron chi connectivity index (χ0n) is 15.4. The van der Waals surface area contributed by atoms with Crippen molar-refractivity contribution in [3.8, 4) is 5.75 Å². The summed E-state index contributed by atoms with van der Waals surface area (Å²) >= 11 is 0. The van der Waals surface area contributed by atoms with E-state index < -0.39 is 10.0 Å². The molecule has 1 aliphatic heterocycles. The Morgan fingerprint density at radius 1 is 1.19 bits per heavy atom. The SMILES string of the molecule is CS(=O)(=O)N(CCN1CCC(Oc2cccc(F)c2)C1)Cc1ccccc1. The zero-order chi connectivity index (χ0) is 19.3. The molecule has 0 amide bonds. The second-order valence-corrected chi connectivity index (χ2v) is 8.85. The first kappa shape index (κ1) is 19.8. The van der Waals surface area contributed by atoms with Crippen LogP contribution in [0.2, 0.25) is 0 Å². The number of nitrogens with zero attached hydrogens (tertiary/aromatic N) is 2. The van der Waals surface area contributed by atoms with Gasteiger partial charge in [0.25, 0.3) is 0 Å². The lowest BCUT2D eigenvalue weighted by molar-refractivity contribution is 0.196. The van der Waals surface area contributed by atoms with Crippen LogP contribution in [0.15, 0.2) is 54.6 Å². The molecule has 2 aromatic carbocycles. The van der Waals surface area contributed by atoms with E-state index in [2.05, 4.69) is 4.90 Å². The molecular formula is C20H25FN2O3S. The molecule has 0 spiro atoms. The minimum atomic E-state index is -3.29. The summed E-state index contributed by atoms with van der Waals surface area (Å²) in [7, 11) is -3.29. The number of sulfonamides is 1. The highest BCUT2D eigenvalue weighted by Crippen LogP contribution is 2.19. The van der Waals surface area contributed by atoms with Gasteiger partial charge < -0.3 is 4.74 Å². The van der Waals surface area contributed by atoms with E-state index in [1.807, 2.05) is 30.3 Å². The highest BCUT2D eigenvalue weighted by molar-refractivity contribution is 7.88. The average molecular weight is 392 g/mol. The molecule has 5 nitrogen and oxygen atoms in total. The molecule has 0 aliphatic carbocycles. The molecule has 0 saturated carbocycles. The van der Waals surface area contributed by atoms with E-state index in [-0.39, 0.29) is 11.9 Å². The molecule has 0 N–H and O–H groups in total. The van der Waals surface area contributed by atoms with Crippen LogP contribution in [-0.4, -0.2) is 56.2 Å². The molecule has 0 bridgehead atoms. The van der Waals surface area contributed by atoms with Crippen LogP contribution in [0.1, 0.15) is 12.0 Å². The number of hydrogen-bond donors (Lipinski definition) is 0. The first-order valence-electron chi connectivity index (χ1n) is 9.04.